The fraction of sp³-hybridized carbons (Fsp3) is 0.500. The Bertz CT molecular complexity index is 315. The van der Waals surface area contributed by atoms with Gasteiger partial charge in [-0.2, -0.15) is 0 Å². The first-order chi connectivity index (χ1) is 8.93. The average molecular weight is 384 g/mol. The second-order valence-corrected chi connectivity index (χ2v) is 3.07. The van der Waals surface area contributed by atoms with Crippen LogP contribution >= 0.6 is 0 Å². The molecule has 5 N–H and O–H groups in total. The Morgan fingerprint density at radius 3 is 0.909 bits per heavy atom. The van der Waals surface area contributed by atoms with Crippen molar-refractivity contribution >= 4 is 23.9 Å². The van der Waals surface area contributed by atoms with Crippen molar-refractivity contribution < 1.29 is 107 Å². The molecule has 0 bridgehead atoms. The van der Waals surface area contributed by atoms with Crippen molar-refractivity contribution in [3.8, 4) is 0 Å². The second kappa shape index (κ2) is 13.9. The van der Waals surface area contributed by atoms with Crippen LogP contribution < -0.4 is 44.9 Å². The third kappa shape index (κ3) is 11.9. The summed E-state index contributed by atoms with van der Waals surface area (Å²) in [5, 5.41) is 69.9. The molecule has 0 saturated heterocycles. The van der Waals surface area contributed by atoms with Crippen LogP contribution in [0.3, 0.4) is 0 Å². The average Bonchev–Trinajstić information content (AvgIpc) is 2.35. The molecule has 4 unspecified atom stereocenters. The van der Waals surface area contributed by atoms with E-state index in [0.29, 0.717) is 0 Å². The molecular formula is C8H9CuNaO12. The van der Waals surface area contributed by atoms with Gasteiger partial charge in [0, 0.05) is 0 Å². The summed E-state index contributed by atoms with van der Waals surface area (Å²) in [4.78, 5) is 38.7. The van der Waals surface area contributed by atoms with Gasteiger partial charge >= 0.3 is 52.6 Å². The van der Waals surface area contributed by atoms with Crippen LogP contribution in [-0.2, 0) is 36.2 Å². The number of carbonyl (C=O) groups excluding carboxylic acids is 3. The van der Waals surface area contributed by atoms with E-state index in [1.807, 2.05) is 0 Å². The van der Waals surface area contributed by atoms with Crippen molar-refractivity contribution in [2.45, 2.75) is 24.4 Å². The molecule has 0 heterocycles. The molecule has 0 saturated carbocycles. The van der Waals surface area contributed by atoms with E-state index in [0.717, 1.165) is 0 Å². The topological polar surface area (TPSA) is 239 Å². The molecule has 0 aromatic carbocycles. The van der Waals surface area contributed by atoms with Crippen LogP contribution in [0.25, 0.3) is 0 Å². The molecule has 0 aliphatic heterocycles. The van der Waals surface area contributed by atoms with Gasteiger partial charge in [-0.25, -0.2) is 4.79 Å². The number of rotatable bonds is 6. The molecular weight excluding hydrogens is 375 g/mol. The Morgan fingerprint density at radius 1 is 0.636 bits per heavy atom. The number of aliphatic hydroxyl groups is 4. The van der Waals surface area contributed by atoms with Gasteiger partial charge in [-0.3, -0.25) is 0 Å². The van der Waals surface area contributed by atoms with E-state index in [2.05, 4.69) is 0 Å². The van der Waals surface area contributed by atoms with E-state index in [4.69, 9.17) is 25.5 Å². The Balaban J connectivity index is -0.000000135. The summed E-state index contributed by atoms with van der Waals surface area (Å²) >= 11 is 0. The van der Waals surface area contributed by atoms with E-state index in [1.165, 1.54) is 0 Å². The summed E-state index contributed by atoms with van der Waals surface area (Å²) in [6.45, 7) is 0. The molecule has 12 nitrogen and oxygen atoms in total. The molecule has 0 aromatic rings. The number of hydrogen-bond acceptors (Lipinski definition) is 11. The summed E-state index contributed by atoms with van der Waals surface area (Å²) < 4.78 is 0. The largest absolute Gasteiger partial charge is 2.00 e. The minimum Gasteiger partial charge on any atom is -0.547 e. The SMILES string of the molecule is O=C([O-])C(O)C(O)C(=O)O.O=C([O-])C(O)C(O)C(=O)[O-].[Cu+2].[Na+]. The zero-order valence-corrected chi connectivity index (χ0v) is 13.6. The van der Waals surface area contributed by atoms with Gasteiger partial charge in [-0.1, -0.05) is 0 Å². The van der Waals surface area contributed by atoms with E-state index < -0.39 is 48.3 Å². The number of carboxylic acid groups (broad SMARTS) is 4. The summed E-state index contributed by atoms with van der Waals surface area (Å²) in [6.07, 6.45) is -9.59. The van der Waals surface area contributed by atoms with Gasteiger partial charge in [-0.15, -0.1) is 0 Å². The molecule has 0 fully saturated rings. The Morgan fingerprint density at radius 2 is 0.818 bits per heavy atom. The van der Waals surface area contributed by atoms with Crippen LogP contribution in [0.5, 0.6) is 0 Å². The third-order valence-electron chi connectivity index (χ3n) is 1.58. The second-order valence-electron chi connectivity index (χ2n) is 3.07. The molecule has 0 rings (SSSR count). The van der Waals surface area contributed by atoms with E-state index in [1.54, 1.807) is 0 Å². The first-order valence-electron chi connectivity index (χ1n) is 4.51. The predicted octanol–water partition coefficient (Wildman–Crippen LogP) is -11.2. The number of carboxylic acids is 4. The predicted molar refractivity (Wildman–Crippen MR) is 46.7 cm³/mol. The van der Waals surface area contributed by atoms with Gasteiger partial charge in [0.1, 0.15) is 18.3 Å². The maximum atomic E-state index is 9.74. The zero-order chi connectivity index (χ0) is 16.6. The minimum atomic E-state index is -2.44. The first-order valence-corrected chi connectivity index (χ1v) is 4.51. The zero-order valence-electron chi connectivity index (χ0n) is 10.7. The van der Waals surface area contributed by atoms with Crippen molar-refractivity contribution in [3.63, 3.8) is 0 Å². The monoisotopic (exact) mass is 383 g/mol. The molecule has 1 radical (unpaired) electrons. The van der Waals surface area contributed by atoms with Gasteiger partial charge in [0.05, 0.1) is 17.9 Å². The fourth-order valence-corrected chi connectivity index (χ4v) is 0.522. The van der Waals surface area contributed by atoms with Crippen molar-refractivity contribution in [1.82, 2.24) is 0 Å². The van der Waals surface area contributed by atoms with Crippen LogP contribution in [-0.4, -0.2) is 73.8 Å². The van der Waals surface area contributed by atoms with E-state index in [9.17, 15) is 34.5 Å². The van der Waals surface area contributed by atoms with Crippen LogP contribution in [0.15, 0.2) is 0 Å². The third-order valence-corrected chi connectivity index (χ3v) is 1.58. The number of aliphatic hydroxyl groups excluding tert-OH is 4. The van der Waals surface area contributed by atoms with Gasteiger partial charge in [0.2, 0.25) is 0 Å². The summed E-state index contributed by atoms with van der Waals surface area (Å²) in [6, 6.07) is 0. The molecule has 0 aliphatic rings. The molecule has 4 atom stereocenters. The van der Waals surface area contributed by atoms with Crippen LogP contribution in [0, 0.1) is 0 Å². The number of aliphatic carboxylic acids is 4. The fourth-order valence-electron chi connectivity index (χ4n) is 0.522. The molecule has 0 aromatic heterocycles. The molecule has 0 amide bonds. The smallest absolute Gasteiger partial charge is 0.547 e. The van der Waals surface area contributed by atoms with Crippen LogP contribution in [0.1, 0.15) is 0 Å². The van der Waals surface area contributed by atoms with E-state index >= 15 is 0 Å². The van der Waals surface area contributed by atoms with Crippen molar-refractivity contribution in [2.75, 3.05) is 0 Å². The van der Waals surface area contributed by atoms with Crippen LogP contribution in [0.4, 0.5) is 0 Å². The Kier molecular flexibility index (Phi) is 18.5. The van der Waals surface area contributed by atoms with Gasteiger partial charge in [0.15, 0.2) is 6.10 Å². The normalized spacial score (nSPS) is 14.4. The maximum absolute atomic E-state index is 9.74. The molecule has 0 spiro atoms. The van der Waals surface area contributed by atoms with Crippen molar-refractivity contribution in [1.29, 1.82) is 0 Å². The molecule has 22 heavy (non-hydrogen) atoms. The molecule has 14 heteroatoms. The Hall–Kier alpha value is -0.761. The first kappa shape index (κ1) is 29.3. The standard InChI is InChI=1S/2C4H6O6.Cu.Na/c2*5-1(3(7)8)2(6)4(9)10;;/h2*1-2,5-6H,(H,7,8)(H,9,10);;/q;;+2;+1/p-3. The van der Waals surface area contributed by atoms with Crippen molar-refractivity contribution in [2.24, 2.45) is 0 Å². The van der Waals surface area contributed by atoms with Crippen molar-refractivity contribution in [3.05, 3.63) is 0 Å². The summed E-state index contributed by atoms with van der Waals surface area (Å²) in [5.74, 6) is -7.94. The van der Waals surface area contributed by atoms with Gasteiger partial charge in [0.25, 0.3) is 0 Å². The summed E-state index contributed by atoms with van der Waals surface area (Å²) in [7, 11) is 0. The summed E-state index contributed by atoms with van der Waals surface area (Å²) in [5.41, 5.74) is 0. The Labute approximate surface area is 154 Å². The van der Waals surface area contributed by atoms with E-state index in [-0.39, 0.29) is 46.6 Å². The quantitative estimate of drug-likeness (QED) is 0.268. The number of hydrogen-bond donors (Lipinski definition) is 5. The van der Waals surface area contributed by atoms with Gasteiger partial charge in [-0.05, 0) is 0 Å². The molecule has 0 aliphatic carbocycles. The van der Waals surface area contributed by atoms with Crippen LogP contribution in [0.2, 0.25) is 0 Å². The maximum Gasteiger partial charge on any atom is 2.00 e. The number of carbonyl (C=O) groups is 4. The van der Waals surface area contributed by atoms with Gasteiger partial charge < -0.3 is 55.2 Å². The minimum absolute atomic E-state index is 0. The molecule has 125 valence electrons.